The molecular formula is C23H17ClF3N5O2. The van der Waals surface area contributed by atoms with Gasteiger partial charge < -0.3 is 9.84 Å². The molecule has 0 atom stereocenters. The van der Waals surface area contributed by atoms with E-state index >= 15 is 0 Å². The van der Waals surface area contributed by atoms with Gasteiger partial charge in [-0.3, -0.25) is 9.36 Å². The van der Waals surface area contributed by atoms with Crippen LogP contribution in [0.15, 0.2) is 59.6 Å². The van der Waals surface area contributed by atoms with Gasteiger partial charge in [-0.2, -0.15) is 13.2 Å². The first-order valence-electron chi connectivity index (χ1n) is 10.4. The van der Waals surface area contributed by atoms with Crippen LogP contribution < -0.4 is 5.32 Å². The third-order valence-corrected chi connectivity index (χ3v) is 5.68. The molecule has 1 aromatic carbocycles. The molecule has 1 fully saturated rings. The highest BCUT2D eigenvalue weighted by atomic mass is 35.5. The zero-order valence-electron chi connectivity index (χ0n) is 17.5. The second-order valence-corrected chi connectivity index (χ2v) is 8.40. The van der Waals surface area contributed by atoms with E-state index in [2.05, 4.69) is 25.0 Å². The third-order valence-electron chi connectivity index (χ3n) is 5.43. The van der Waals surface area contributed by atoms with Gasteiger partial charge in [-0.15, -0.1) is 0 Å². The van der Waals surface area contributed by atoms with Crippen molar-refractivity contribution in [2.75, 3.05) is 6.54 Å². The molecule has 4 aromatic rings. The molecule has 1 amide bonds. The van der Waals surface area contributed by atoms with Gasteiger partial charge in [0.25, 0.3) is 5.91 Å². The topological polar surface area (TPSA) is 85.8 Å². The molecular weight excluding hydrogens is 471 g/mol. The van der Waals surface area contributed by atoms with Gasteiger partial charge in [0, 0.05) is 29.5 Å². The van der Waals surface area contributed by atoms with Crippen LogP contribution in [0.3, 0.4) is 0 Å². The first kappa shape index (κ1) is 22.1. The Labute approximate surface area is 196 Å². The van der Waals surface area contributed by atoms with Crippen molar-refractivity contribution in [2.45, 2.75) is 19.0 Å². The molecule has 0 radical (unpaired) electrons. The fraction of sp³-hybridized carbons (Fsp3) is 0.217. The van der Waals surface area contributed by atoms with Gasteiger partial charge >= 0.3 is 6.18 Å². The van der Waals surface area contributed by atoms with Gasteiger partial charge in [0.15, 0.2) is 0 Å². The van der Waals surface area contributed by atoms with Crippen molar-refractivity contribution in [1.82, 2.24) is 25.0 Å². The van der Waals surface area contributed by atoms with E-state index in [-0.39, 0.29) is 22.9 Å². The minimum absolute atomic E-state index is 0.00609. The average Bonchev–Trinajstić information content (AvgIpc) is 3.32. The molecule has 0 saturated heterocycles. The van der Waals surface area contributed by atoms with Crippen molar-refractivity contribution in [3.05, 3.63) is 71.5 Å². The molecule has 7 nitrogen and oxygen atoms in total. The number of hydrogen-bond donors (Lipinski definition) is 1. The van der Waals surface area contributed by atoms with Gasteiger partial charge in [0.1, 0.15) is 17.8 Å². The summed E-state index contributed by atoms with van der Waals surface area (Å²) in [5.74, 6) is -0.532. The largest absolute Gasteiger partial charge is 0.453 e. The van der Waals surface area contributed by atoms with Gasteiger partial charge in [-0.1, -0.05) is 28.9 Å². The van der Waals surface area contributed by atoms with Crippen LogP contribution in [0, 0.1) is 5.92 Å². The zero-order valence-corrected chi connectivity index (χ0v) is 18.3. The summed E-state index contributed by atoms with van der Waals surface area (Å²) in [6, 6.07) is 9.39. The van der Waals surface area contributed by atoms with Gasteiger partial charge in [-0.25, -0.2) is 9.97 Å². The van der Waals surface area contributed by atoms with E-state index in [1.54, 1.807) is 36.4 Å². The average molecular weight is 488 g/mol. The number of nitrogens with one attached hydrogen (secondary N) is 1. The van der Waals surface area contributed by atoms with E-state index in [1.807, 2.05) is 0 Å². The maximum Gasteiger partial charge on any atom is 0.453 e. The smallest absolute Gasteiger partial charge is 0.352 e. The normalized spacial score (nSPS) is 13.8. The molecule has 5 rings (SSSR count). The minimum atomic E-state index is -4.77. The molecule has 1 aliphatic rings. The van der Waals surface area contributed by atoms with Crippen LogP contribution in [0.25, 0.3) is 28.3 Å². The van der Waals surface area contributed by atoms with E-state index < -0.39 is 11.9 Å². The summed E-state index contributed by atoms with van der Waals surface area (Å²) in [7, 11) is 0. The number of amides is 1. The number of aromatic nitrogens is 4. The fourth-order valence-corrected chi connectivity index (χ4v) is 3.56. The Morgan fingerprint density at radius 3 is 2.56 bits per heavy atom. The number of rotatable bonds is 6. The van der Waals surface area contributed by atoms with Crippen LogP contribution >= 0.6 is 11.6 Å². The van der Waals surface area contributed by atoms with Crippen molar-refractivity contribution in [3.63, 3.8) is 0 Å². The first-order chi connectivity index (χ1) is 16.3. The summed E-state index contributed by atoms with van der Waals surface area (Å²) in [5, 5.41) is 6.95. The number of carbonyl (C=O) groups is 1. The molecule has 3 heterocycles. The Hall–Kier alpha value is -3.66. The Bertz CT molecular complexity index is 1330. The van der Waals surface area contributed by atoms with Crippen LogP contribution in [-0.4, -0.2) is 32.1 Å². The summed E-state index contributed by atoms with van der Waals surface area (Å²) in [4.78, 5) is 20.6. The molecule has 0 aliphatic heterocycles. The minimum Gasteiger partial charge on any atom is -0.352 e. The number of carbonyl (C=O) groups excluding carboxylic acids is 1. The van der Waals surface area contributed by atoms with Crippen LogP contribution in [-0.2, 0) is 6.18 Å². The van der Waals surface area contributed by atoms with E-state index in [1.165, 1.54) is 23.3 Å². The summed E-state index contributed by atoms with van der Waals surface area (Å²) in [6.45, 7) is 0.641. The lowest BCUT2D eigenvalue weighted by Gasteiger charge is -2.06. The van der Waals surface area contributed by atoms with Gasteiger partial charge in [0.2, 0.25) is 5.76 Å². The summed E-state index contributed by atoms with van der Waals surface area (Å²) >= 11 is 5.90. The van der Waals surface area contributed by atoms with E-state index in [0.717, 1.165) is 12.8 Å². The Morgan fingerprint density at radius 2 is 1.91 bits per heavy atom. The fourth-order valence-electron chi connectivity index (χ4n) is 3.44. The number of alkyl halides is 3. The number of hydrogen-bond acceptors (Lipinski definition) is 5. The summed E-state index contributed by atoms with van der Waals surface area (Å²) in [6.07, 6.45) is 1.63. The maximum absolute atomic E-state index is 13.7. The monoisotopic (exact) mass is 487 g/mol. The Balaban J connectivity index is 1.45. The highest BCUT2D eigenvalue weighted by Crippen LogP contribution is 2.42. The number of halogens is 4. The molecule has 34 heavy (non-hydrogen) atoms. The quantitative estimate of drug-likeness (QED) is 0.393. The first-order valence-corrected chi connectivity index (χ1v) is 10.8. The predicted molar refractivity (Wildman–Crippen MR) is 117 cm³/mol. The molecule has 174 valence electrons. The second-order valence-electron chi connectivity index (χ2n) is 7.96. The highest BCUT2D eigenvalue weighted by molar-refractivity contribution is 6.30. The molecule has 0 unspecified atom stereocenters. The molecule has 1 saturated carbocycles. The number of benzene rings is 1. The van der Waals surface area contributed by atoms with Gasteiger partial charge in [0.05, 0.1) is 16.8 Å². The number of nitrogens with zero attached hydrogens (tertiary/aromatic N) is 4. The molecule has 1 aliphatic carbocycles. The molecule has 0 spiro atoms. The van der Waals surface area contributed by atoms with E-state index in [0.29, 0.717) is 34.4 Å². The van der Waals surface area contributed by atoms with Crippen molar-refractivity contribution in [2.24, 2.45) is 5.92 Å². The van der Waals surface area contributed by atoms with Crippen LogP contribution in [0.2, 0.25) is 5.02 Å². The van der Waals surface area contributed by atoms with Crippen molar-refractivity contribution >= 4 is 17.5 Å². The Morgan fingerprint density at radius 1 is 1.15 bits per heavy atom. The lowest BCUT2D eigenvalue weighted by atomic mass is 10.0. The highest BCUT2D eigenvalue weighted by Gasteiger charge is 2.41. The predicted octanol–water partition coefficient (Wildman–Crippen LogP) is 5.40. The lowest BCUT2D eigenvalue weighted by molar-refractivity contribution is -0.154. The van der Waals surface area contributed by atoms with Crippen LogP contribution in [0.5, 0.6) is 0 Å². The van der Waals surface area contributed by atoms with E-state index in [9.17, 15) is 18.0 Å². The lowest BCUT2D eigenvalue weighted by Crippen LogP contribution is -2.25. The summed E-state index contributed by atoms with van der Waals surface area (Å²) < 4.78 is 47.1. The number of imidazole rings is 1. The second kappa shape index (κ2) is 8.60. The molecule has 3 aromatic heterocycles. The maximum atomic E-state index is 13.7. The molecule has 11 heteroatoms. The molecule has 1 N–H and O–H groups in total. The van der Waals surface area contributed by atoms with Crippen LogP contribution in [0.1, 0.15) is 29.0 Å². The third kappa shape index (κ3) is 4.54. The zero-order chi connectivity index (χ0) is 23.9. The van der Waals surface area contributed by atoms with Crippen LogP contribution in [0.4, 0.5) is 13.2 Å². The standard InChI is InChI=1S/C23H17ClF3N5O2/c24-16-6-3-14(4-7-16)20-19(21(34-31-20)23(25,26)27)17-11-32(12-30-17)18-8-5-15(10-28-18)22(33)29-9-13-1-2-13/h3-8,10-13H,1-2,9H2,(H,29,33). The number of pyridine rings is 1. The SMILES string of the molecule is O=C(NCC1CC1)c1ccc(-n2cnc(-c3c(-c4ccc(Cl)cc4)noc3C(F)(F)F)c2)nc1. The van der Waals surface area contributed by atoms with Gasteiger partial charge in [-0.05, 0) is 43.0 Å². The Kier molecular flexibility index (Phi) is 5.60. The molecule has 0 bridgehead atoms. The summed E-state index contributed by atoms with van der Waals surface area (Å²) in [5.41, 5.74) is 0.502. The van der Waals surface area contributed by atoms with E-state index in [4.69, 9.17) is 11.6 Å². The van der Waals surface area contributed by atoms with Crippen molar-refractivity contribution in [3.8, 4) is 28.3 Å². The van der Waals surface area contributed by atoms with Crippen molar-refractivity contribution in [1.29, 1.82) is 0 Å². The van der Waals surface area contributed by atoms with Crippen molar-refractivity contribution < 1.29 is 22.5 Å².